The van der Waals surface area contributed by atoms with Crippen molar-refractivity contribution in [2.75, 3.05) is 20.0 Å². The highest BCUT2D eigenvalue weighted by atomic mass is 16.5. The Hall–Kier alpha value is -2.76. The van der Waals surface area contributed by atoms with E-state index in [9.17, 15) is 0 Å². The number of hydrogen-bond acceptors (Lipinski definition) is 5. The number of hydrogen-bond donors (Lipinski definition) is 2. The third-order valence-electron chi connectivity index (χ3n) is 3.05. The Morgan fingerprint density at radius 3 is 2.60 bits per heavy atom. The van der Waals surface area contributed by atoms with Gasteiger partial charge in [-0.3, -0.25) is 4.98 Å². The van der Waals surface area contributed by atoms with Crippen molar-refractivity contribution in [2.24, 2.45) is 0 Å². The van der Waals surface area contributed by atoms with Crippen molar-refractivity contribution < 1.29 is 9.47 Å². The first-order chi connectivity index (χ1) is 9.72. The highest BCUT2D eigenvalue weighted by Crippen LogP contribution is 2.32. The number of nitrogen functional groups attached to an aromatic ring is 1. The highest BCUT2D eigenvalue weighted by Gasteiger charge is 2.13. The lowest BCUT2D eigenvalue weighted by Crippen LogP contribution is -1.93. The molecule has 0 fully saturated rings. The molecule has 0 aliphatic heterocycles. The fourth-order valence-corrected chi connectivity index (χ4v) is 2.06. The molecule has 6 heteroatoms. The van der Waals surface area contributed by atoms with E-state index in [1.165, 1.54) is 0 Å². The summed E-state index contributed by atoms with van der Waals surface area (Å²) in [4.78, 5) is 11.9. The molecule has 0 bridgehead atoms. The van der Waals surface area contributed by atoms with Gasteiger partial charge in [-0.05, 0) is 12.1 Å². The summed E-state index contributed by atoms with van der Waals surface area (Å²) in [5, 5.41) is 0. The number of nitrogens with one attached hydrogen (secondary N) is 1. The van der Waals surface area contributed by atoms with Crippen LogP contribution in [0.3, 0.4) is 0 Å². The van der Waals surface area contributed by atoms with E-state index in [1.807, 2.05) is 12.1 Å². The minimum absolute atomic E-state index is 0.575. The van der Waals surface area contributed by atoms with Crippen LogP contribution in [0.2, 0.25) is 0 Å². The van der Waals surface area contributed by atoms with Gasteiger partial charge in [-0.1, -0.05) is 0 Å². The second-order valence-electron chi connectivity index (χ2n) is 4.25. The lowest BCUT2D eigenvalue weighted by Gasteiger charge is -2.06. The molecule has 3 aromatic rings. The Kier molecular flexibility index (Phi) is 2.90. The fourth-order valence-electron chi connectivity index (χ4n) is 2.06. The molecule has 102 valence electrons. The van der Waals surface area contributed by atoms with Crippen LogP contribution >= 0.6 is 0 Å². The molecule has 0 radical (unpaired) electrons. The van der Waals surface area contributed by atoms with Gasteiger partial charge < -0.3 is 20.2 Å². The summed E-state index contributed by atoms with van der Waals surface area (Å²) in [7, 11) is 3.19. The van der Waals surface area contributed by atoms with E-state index >= 15 is 0 Å². The summed E-state index contributed by atoms with van der Waals surface area (Å²) in [6.45, 7) is 0. The maximum absolute atomic E-state index is 5.91. The summed E-state index contributed by atoms with van der Waals surface area (Å²) in [6, 6.07) is 7.22. The van der Waals surface area contributed by atoms with Crippen molar-refractivity contribution in [1.82, 2.24) is 15.0 Å². The molecule has 3 N–H and O–H groups in total. The largest absolute Gasteiger partial charge is 0.493 e. The van der Waals surface area contributed by atoms with Crippen LogP contribution in [0.15, 0.2) is 30.5 Å². The number of nitrogens with two attached hydrogens (primary N) is 1. The van der Waals surface area contributed by atoms with E-state index in [0.29, 0.717) is 28.7 Å². The molecular formula is C14H14N4O2. The number of nitrogens with zero attached hydrogens (tertiary/aromatic N) is 2. The SMILES string of the molecule is COc1cc2nc(-c3ncccc3N)[nH]c2cc1OC. The number of methoxy groups -OCH3 is 2. The van der Waals surface area contributed by atoms with Gasteiger partial charge in [0.15, 0.2) is 17.3 Å². The predicted molar refractivity (Wildman–Crippen MR) is 76.8 cm³/mol. The number of rotatable bonds is 3. The van der Waals surface area contributed by atoms with E-state index < -0.39 is 0 Å². The van der Waals surface area contributed by atoms with E-state index in [2.05, 4.69) is 15.0 Å². The molecule has 20 heavy (non-hydrogen) atoms. The number of ether oxygens (including phenoxy) is 2. The second kappa shape index (κ2) is 4.73. The number of fused-ring (bicyclic) bond motifs is 1. The van der Waals surface area contributed by atoms with Crippen molar-refractivity contribution in [3.63, 3.8) is 0 Å². The van der Waals surface area contributed by atoms with E-state index in [4.69, 9.17) is 15.2 Å². The summed E-state index contributed by atoms with van der Waals surface area (Å²) < 4.78 is 10.5. The maximum atomic E-state index is 5.91. The van der Waals surface area contributed by atoms with Gasteiger partial charge in [0.05, 0.1) is 30.9 Å². The number of aromatic nitrogens is 3. The van der Waals surface area contributed by atoms with Crippen molar-refractivity contribution >= 4 is 16.7 Å². The lowest BCUT2D eigenvalue weighted by atomic mass is 10.3. The Morgan fingerprint density at radius 1 is 1.15 bits per heavy atom. The van der Waals surface area contributed by atoms with Crippen LogP contribution in [0.4, 0.5) is 5.69 Å². The molecule has 3 rings (SSSR count). The third-order valence-corrected chi connectivity index (χ3v) is 3.05. The molecular weight excluding hydrogens is 256 g/mol. The van der Waals surface area contributed by atoms with E-state index in [0.717, 1.165) is 11.0 Å². The monoisotopic (exact) mass is 270 g/mol. The first kappa shape index (κ1) is 12.3. The number of H-pyrrole nitrogens is 1. The zero-order valence-corrected chi connectivity index (χ0v) is 11.2. The normalized spacial score (nSPS) is 10.7. The Morgan fingerprint density at radius 2 is 1.90 bits per heavy atom. The third kappa shape index (κ3) is 1.91. The molecule has 2 heterocycles. The highest BCUT2D eigenvalue weighted by molar-refractivity contribution is 5.84. The second-order valence-corrected chi connectivity index (χ2v) is 4.25. The van der Waals surface area contributed by atoms with Gasteiger partial charge in [-0.15, -0.1) is 0 Å². The minimum Gasteiger partial charge on any atom is -0.493 e. The summed E-state index contributed by atoms with van der Waals surface area (Å²) >= 11 is 0. The van der Waals surface area contributed by atoms with Crippen LogP contribution in [-0.4, -0.2) is 29.2 Å². The van der Waals surface area contributed by atoms with Gasteiger partial charge in [0.25, 0.3) is 0 Å². The van der Waals surface area contributed by atoms with Crippen molar-refractivity contribution in [1.29, 1.82) is 0 Å². The van der Waals surface area contributed by atoms with Crippen molar-refractivity contribution in [3.05, 3.63) is 30.5 Å². The standard InChI is InChI=1S/C14H14N4O2/c1-19-11-6-9-10(7-12(11)20-2)18-14(17-9)13-8(15)4-3-5-16-13/h3-7H,15H2,1-2H3,(H,17,18). The first-order valence-corrected chi connectivity index (χ1v) is 6.05. The van der Waals surface area contributed by atoms with Gasteiger partial charge in [-0.25, -0.2) is 4.98 Å². The summed E-state index contributed by atoms with van der Waals surface area (Å²) in [6.07, 6.45) is 1.68. The Bertz CT molecular complexity index is 726. The van der Waals surface area contributed by atoms with E-state index in [1.54, 1.807) is 32.5 Å². The average molecular weight is 270 g/mol. The molecule has 0 spiro atoms. The van der Waals surface area contributed by atoms with E-state index in [-0.39, 0.29) is 0 Å². The summed E-state index contributed by atoms with van der Waals surface area (Å²) in [5.74, 6) is 1.89. The minimum atomic E-state index is 0.575. The predicted octanol–water partition coefficient (Wildman–Crippen LogP) is 2.22. The van der Waals surface area contributed by atoms with Crippen LogP contribution in [0.25, 0.3) is 22.6 Å². The summed E-state index contributed by atoms with van der Waals surface area (Å²) in [5.41, 5.74) is 8.72. The molecule has 0 aliphatic rings. The van der Waals surface area contributed by atoms with Gasteiger partial charge in [0.2, 0.25) is 0 Å². The first-order valence-electron chi connectivity index (χ1n) is 6.05. The van der Waals surface area contributed by atoms with Crippen molar-refractivity contribution in [3.8, 4) is 23.0 Å². The van der Waals surface area contributed by atoms with Gasteiger partial charge in [-0.2, -0.15) is 0 Å². The average Bonchev–Trinajstić information content (AvgIpc) is 2.88. The number of anilines is 1. The molecule has 0 aliphatic carbocycles. The number of pyridine rings is 1. The maximum Gasteiger partial charge on any atom is 0.163 e. The van der Waals surface area contributed by atoms with Crippen LogP contribution in [-0.2, 0) is 0 Å². The van der Waals surface area contributed by atoms with Gasteiger partial charge >= 0.3 is 0 Å². The molecule has 0 saturated heterocycles. The van der Waals surface area contributed by atoms with Crippen LogP contribution in [0.5, 0.6) is 11.5 Å². The topological polar surface area (TPSA) is 86.0 Å². The molecule has 6 nitrogen and oxygen atoms in total. The quantitative estimate of drug-likeness (QED) is 0.762. The Labute approximate surface area is 115 Å². The molecule has 2 aromatic heterocycles. The van der Waals surface area contributed by atoms with Gasteiger partial charge in [0.1, 0.15) is 5.69 Å². The smallest absolute Gasteiger partial charge is 0.163 e. The molecule has 0 atom stereocenters. The molecule has 0 amide bonds. The number of imidazole rings is 1. The van der Waals surface area contributed by atoms with Crippen LogP contribution < -0.4 is 15.2 Å². The molecule has 0 saturated carbocycles. The van der Waals surface area contributed by atoms with Crippen LogP contribution in [0, 0.1) is 0 Å². The zero-order chi connectivity index (χ0) is 14.1. The molecule has 1 aromatic carbocycles. The lowest BCUT2D eigenvalue weighted by molar-refractivity contribution is 0.356. The van der Waals surface area contributed by atoms with Crippen molar-refractivity contribution in [2.45, 2.75) is 0 Å². The Balaban J connectivity index is 2.18. The molecule has 0 unspecified atom stereocenters. The number of aromatic amines is 1. The van der Waals surface area contributed by atoms with Gasteiger partial charge in [0, 0.05) is 18.3 Å². The fraction of sp³-hybridized carbons (Fsp3) is 0.143. The zero-order valence-electron chi connectivity index (χ0n) is 11.2. The van der Waals surface area contributed by atoms with Crippen LogP contribution in [0.1, 0.15) is 0 Å². The number of benzene rings is 1.